The highest BCUT2D eigenvalue weighted by Crippen LogP contribution is 2.37. The van der Waals surface area contributed by atoms with E-state index >= 15 is 0 Å². The molecule has 1 heterocycles. The Bertz CT molecular complexity index is 1020. The Kier molecular flexibility index (Phi) is 5.32. The number of hydrogen-bond acceptors (Lipinski definition) is 1. The van der Waals surface area contributed by atoms with Gasteiger partial charge in [0.1, 0.15) is 0 Å². The molecular weight excluding hydrogens is 399 g/mol. The van der Waals surface area contributed by atoms with E-state index in [9.17, 15) is 0 Å². The molecule has 0 spiro atoms. The summed E-state index contributed by atoms with van der Waals surface area (Å²) in [6.45, 7) is 2.13. The zero-order valence-corrected chi connectivity index (χ0v) is 17.2. The van der Waals surface area contributed by atoms with Crippen LogP contribution in [0.25, 0.3) is 22.5 Å². The van der Waals surface area contributed by atoms with Gasteiger partial charge >= 0.3 is 0 Å². The summed E-state index contributed by atoms with van der Waals surface area (Å²) in [4.78, 5) is 0. The van der Waals surface area contributed by atoms with Crippen LogP contribution >= 0.6 is 34.8 Å². The van der Waals surface area contributed by atoms with Crippen LogP contribution < -0.4 is 0 Å². The summed E-state index contributed by atoms with van der Waals surface area (Å²) < 4.78 is 1.93. The molecule has 0 radical (unpaired) electrons. The summed E-state index contributed by atoms with van der Waals surface area (Å²) in [7, 11) is 0. The van der Waals surface area contributed by atoms with E-state index in [1.807, 2.05) is 41.1 Å². The molecular formula is C22H19Cl3N2. The first kappa shape index (κ1) is 18.6. The average Bonchev–Trinajstić information content (AvgIpc) is 3.00. The SMILES string of the molecule is Cc1c(C2=CCCCC2)nn(-c2ccc(Cl)cc2Cl)c1-c1ccc(Cl)cc1. The number of benzene rings is 2. The first-order chi connectivity index (χ1) is 13.0. The van der Waals surface area contributed by atoms with Gasteiger partial charge in [0.05, 0.1) is 22.1 Å². The van der Waals surface area contributed by atoms with Crippen LogP contribution in [0.2, 0.25) is 15.1 Å². The van der Waals surface area contributed by atoms with Gasteiger partial charge in [-0.15, -0.1) is 0 Å². The molecule has 2 nitrogen and oxygen atoms in total. The fraction of sp³-hybridized carbons (Fsp3) is 0.227. The minimum atomic E-state index is 0.574. The van der Waals surface area contributed by atoms with E-state index in [0.717, 1.165) is 41.0 Å². The normalized spacial score (nSPS) is 14.3. The molecule has 1 aromatic heterocycles. The van der Waals surface area contributed by atoms with E-state index in [4.69, 9.17) is 39.9 Å². The third-order valence-corrected chi connectivity index (χ3v) is 5.76. The van der Waals surface area contributed by atoms with Crippen LogP contribution in [-0.4, -0.2) is 9.78 Å². The topological polar surface area (TPSA) is 17.8 Å². The van der Waals surface area contributed by atoms with Gasteiger partial charge in [0.25, 0.3) is 0 Å². The quantitative estimate of drug-likeness (QED) is 0.425. The van der Waals surface area contributed by atoms with Crippen molar-refractivity contribution >= 4 is 40.4 Å². The van der Waals surface area contributed by atoms with Crippen LogP contribution in [0.5, 0.6) is 0 Å². The summed E-state index contributed by atoms with van der Waals surface area (Å²) in [5, 5.41) is 6.87. The highest BCUT2D eigenvalue weighted by molar-refractivity contribution is 6.35. The Morgan fingerprint density at radius 1 is 0.926 bits per heavy atom. The predicted octanol–water partition coefficient (Wildman–Crippen LogP) is 7.77. The van der Waals surface area contributed by atoms with Crippen molar-refractivity contribution in [2.75, 3.05) is 0 Å². The second kappa shape index (κ2) is 7.71. The first-order valence-electron chi connectivity index (χ1n) is 9.05. The molecule has 0 N–H and O–H groups in total. The van der Waals surface area contributed by atoms with Crippen molar-refractivity contribution in [3.8, 4) is 16.9 Å². The number of nitrogens with zero attached hydrogens (tertiary/aromatic N) is 2. The molecule has 4 rings (SSSR count). The van der Waals surface area contributed by atoms with Crippen LogP contribution in [0.1, 0.15) is 36.9 Å². The van der Waals surface area contributed by atoms with E-state index < -0.39 is 0 Å². The van der Waals surface area contributed by atoms with Gasteiger partial charge in [-0.2, -0.15) is 5.10 Å². The number of aromatic nitrogens is 2. The lowest BCUT2D eigenvalue weighted by Crippen LogP contribution is -2.01. The molecule has 0 unspecified atom stereocenters. The maximum Gasteiger partial charge on any atom is 0.0919 e. The first-order valence-corrected chi connectivity index (χ1v) is 10.2. The fourth-order valence-corrected chi connectivity index (χ4v) is 4.24. The van der Waals surface area contributed by atoms with E-state index in [1.165, 1.54) is 18.4 Å². The average molecular weight is 418 g/mol. The minimum Gasteiger partial charge on any atom is -0.231 e. The Morgan fingerprint density at radius 3 is 2.33 bits per heavy atom. The smallest absolute Gasteiger partial charge is 0.0919 e. The monoisotopic (exact) mass is 416 g/mol. The summed E-state index contributed by atoms with van der Waals surface area (Å²) in [5.74, 6) is 0. The number of halogens is 3. The molecule has 0 bridgehead atoms. The van der Waals surface area contributed by atoms with Crippen molar-refractivity contribution in [1.82, 2.24) is 9.78 Å². The largest absolute Gasteiger partial charge is 0.231 e. The van der Waals surface area contributed by atoms with Gasteiger partial charge in [0, 0.05) is 21.2 Å². The van der Waals surface area contributed by atoms with Gasteiger partial charge in [0.2, 0.25) is 0 Å². The summed E-state index contributed by atoms with van der Waals surface area (Å²) >= 11 is 18.7. The molecule has 1 aliphatic carbocycles. The highest BCUT2D eigenvalue weighted by Gasteiger charge is 2.21. The molecule has 0 atom stereocenters. The molecule has 0 amide bonds. The second-order valence-corrected chi connectivity index (χ2v) is 8.09. The Hall–Kier alpha value is -1.74. The van der Waals surface area contributed by atoms with Crippen LogP contribution in [0, 0.1) is 6.92 Å². The maximum absolute atomic E-state index is 6.52. The zero-order chi connectivity index (χ0) is 19.0. The van der Waals surface area contributed by atoms with Gasteiger partial charge in [0.15, 0.2) is 0 Å². The minimum absolute atomic E-state index is 0.574. The summed E-state index contributed by atoms with van der Waals surface area (Å²) in [5.41, 5.74) is 6.41. The number of rotatable bonds is 3. The van der Waals surface area contributed by atoms with Gasteiger partial charge in [-0.3, -0.25) is 0 Å². The lowest BCUT2D eigenvalue weighted by Gasteiger charge is -2.11. The molecule has 5 heteroatoms. The van der Waals surface area contributed by atoms with Crippen molar-refractivity contribution < 1.29 is 0 Å². The van der Waals surface area contributed by atoms with E-state index in [-0.39, 0.29) is 0 Å². The standard InChI is InChI=1S/C22H19Cl3N2/c1-14-21(15-5-3-2-4-6-15)26-27(20-12-11-18(24)13-19(20)25)22(14)16-7-9-17(23)10-8-16/h5,7-13H,2-4,6H2,1H3. The zero-order valence-electron chi connectivity index (χ0n) is 15.0. The summed E-state index contributed by atoms with van der Waals surface area (Å²) in [6, 6.07) is 13.3. The molecule has 2 aromatic carbocycles. The van der Waals surface area contributed by atoms with Gasteiger partial charge in [-0.1, -0.05) is 53.0 Å². The van der Waals surface area contributed by atoms with Crippen LogP contribution in [0.4, 0.5) is 0 Å². The molecule has 0 saturated carbocycles. The van der Waals surface area contributed by atoms with E-state index in [0.29, 0.717) is 15.1 Å². The molecule has 27 heavy (non-hydrogen) atoms. The van der Waals surface area contributed by atoms with Crippen molar-refractivity contribution in [2.24, 2.45) is 0 Å². The van der Waals surface area contributed by atoms with Gasteiger partial charge in [-0.05, 0) is 68.5 Å². The van der Waals surface area contributed by atoms with E-state index in [2.05, 4.69) is 13.0 Å². The van der Waals surface area contributed by atoms with Crippen molar-refractivity contribution in [3.63, 3.8) is 0 Å². The lowest BCUT2D eigenvalue weighted by atomic mass is 9.94. The lowest BCUT2D eigenvalue weighted by molar-refractivity contribution is 0.737. The number of hydrogen-bond donors (Lipinski definition) is 0. The third kappa shape index (κ3) is 3.67. The van der Waals surface area contributed by atoms with Crippen molar-refractivity contribution in [1.29, 1.82) is 0 Å². The molecule has 1 aliphatic rings. The fourth-order valence-electron chi connectivity index (χ4n) is 3.63. The van der Waals surface area contributed by atoms with Crippen LogP contribution in [0.3, 0.4) is 0 Å². The molecule has 0 saturated heterocycles. The third-order valence-electron chi connectivity index (χ3n) is 4.97. The Labute approximate surface area is 174 Å². The number of allylic oxidation sites excluding steroid dienone is 2. The molecule has 3 aromatic rings. The Balaban J connectivity index is 1.95. The van der Waals surface area contributed by atoms with Crippen LogP contribution in [-0.2, 0) is 0 Å². The predicted molar refractivity (Wildman–Crippen MR) is 115 cm³/mol. The highest BCUT2D eigenvalue weighted by atomic mass is 35.5. The molecule has 138 valence electrons. The molecule has 0 aliphatic heterocycles. The van der Waals surface area contributed by atoms with E-state index in [1.54, 1.807) is 6.07 Å². The van der Waals surface area contributed by atoms with Crippen molar-refractivity contribution in [2.45, 2.75) is 32.6 Å². The van der Waals surface area contributed by atoms with Gasteiger partial charge in [-0.25, -0.2) is 4.68 Å². The second-order valence-electron chi connectivity index (χ2n) is 6.81. The van der Waals surface area contributed by atoms with Crippen LogP contribution in [0.15, 0.2) is 48.5 Å². The maximum atomic E-state index is 6.52. The molecule has 0 fully saturated rings. The van der Waals surface area contributed by atoms with Crippen molar-refractivity contribution in [3.05, 3.63) is 74.9 Å². The Morgan fingerprint density at radius 2 is 1.67 bits per heavy atom. The summed E-state index contributed by atoms with van der Waals surface area (Å²) in [6.07, 6.45) is 6.94. The van der Waals surface area contributed by atoms with Gasteiger partial charge < -0.3 is 0 Å².